The molecule has 0 saturated carbocycles. The SMILES string of the molecule is Cn1cnc2ncc(Oc3c(F)ccc(NS(=O)(=O)N4CC[C@@H](F)C4)c3C#N)cc2c1=O. The van der Waals surface area contributed by atoms with Crippen LogP contribution in [0.3, 0.4) is 0 Å². The fourth-order valence-corrected chi connectivity index (χ4v) is 4.50. The molecule has 166 valence electrons. The highest BCUT2D eigenvalue weighted by Gasteiger charge is 2.32. The third kappa shape index (κ3) is 3.97. The number of benzene rings is 1. The van der Waals surface area contributed by atoms with Crippen LogP contribution in [0.1, 0.15) is 12.0 Å². The van der Waals surface area contributed by atoms with Crippen molar-refractivity contribution < 1.29 is 21.9 Å². The van der Waals surface area contributed by atoms with E-state index >= 15 is 0 Å². The van der Waals surface area contributed by atoms with Gasteiger partial charge >= 0.3 is 10.2 Å². The first-order valence-corrected chi connectivity index (χ1v) is 10.8. The summed E-state index contributed by atoms with van der Waals surface area (Å²) in [7, 11) is -2.67. The lowest BCUT2D eigenvalue weighted by molar-refractivity contribution is 0.343. The van der Waals surface area contributed by atoms with Crippen molar-refractivity contribution in [3.63, 3.8) is 0 Å². The molecule has 3 heterocycles. The van der Waals surface area contributed by atoms with Gasteiger partial charge in [-0.05, 0) is 24.6 Å². The second kappa shape index (κ2) is 8.13. The largest absolute Gasteiger partial charge is 0.451 e. The number of aryl methyl sites for hydroxylation is 1. The Morgan fingerprint density at radius 3 is 2.81 bits per heavy atom. The molecule has 3 aromatic rings. The minimum absolute atomic E-state index is 0.0192. The van der Waals surface area contributed by atoms with Gasteiger partial charge in [-0.1, -0.05) is 0 Å². The molecule has 0 amide bonds. The van der Waals surface area contributed by atoms with E-state index in [9.17, 15) is 27.3 Å². The third-order valence-corrected chi connectivity index (χ3v) is 6.35. The van der Waals surface area contributed by atoms with Crippen molar-refractivity contribution in [2.45, 2.75) is 12.6 Å². The van der Waals surface area contributed by atoms with Crippen LogP contribution in [0, 0.1) is 17.1 Å². The standard InChI is InChI=1S/C19H16F2N6O4S/c1-26-10-24-18-13(19(26)28)6-12(8-23-18)31-17-14(7-22)16(3-2-15(17)21)25-32(29,30)27-5-4-11(20)9-27/h2-3,6,8,10-11,25H,4-5,9H2,1H3/t11-/m1/s1. The van der Waals surface area contributed by atoms with Gasteiger partial charge in [-0.2, -0.15) is 18.0 Å². The molecule has 0 radical (unpaired) electrons. The first-order chi connectivity index (χ1) is 15.2. The van der Waals surface area contributed by atoms with E-state index in [1.165, 1.54) is 30.2 Å². The Morgan fingerprint density at radius 2 is 2.12 bits per heavy atom. The third-order valence-electron chi connectivity index (χ3n) is 4.86. The van der Waals surface area contributed by atoms with E-state index in [2.05, 4.69) is 14.7 Å². The summed E-state index contributed by atoms with van der Waals surface area (Å²) in [5, 5.41) is 9.68. The maximum atomic E-state index is 14.5. The molecule has 1 fully saturated rings. The summed E-state index contributed by atoms with van der Waals surface area (Å²) in [5.41, 5.74) is -0.923. The Balaban J connectivity index is 1.71. The molecule has 1 atom stereocenters. The molecular formula is C19H16F2N6O4S. The monoisotopic (exact) mass is 462 g/mol. The molecule has 10 nitrogen and oxygen atoms in total. The molecule has 1 N–H and O–H groups in total. The highest BCUT2D eigenvalue weighted by atomic mass is 32.2. The van der Waals surface area contributed by atoms with Crippen molar-refractivity contribution in [2.24, 2.45) is 7.05 Å². The normalized spacial score (nSPS) is 16.8. The predicted octanol–water partition coefficient (Wildman–Crippen LogP) is 1.83. The summed E-state index contributed by atoms with van der Waals surface area (Å²) < 4.78 is 62.8. The van der Waals surface area contributed by atoms with E-state index in [1.807, 2.05) is 0 Å². The molecular weight excluding hydrogens is 446 g/mol. The molecule has 0 aliphatic carbocycles. The number of halogens is 2. The van der Waals surface area contributed by atoms with Gasteiger partial charge in [0.1, 0.15) is 23.6 Å². The van der Waals surface area contributed by atoms with E-state index in [1.54, 1.807) is 6.07 Å². The number of rotatable bonds is 5. The van der Waals surface area contributed by atoms with Gasteiger partial charge in [0, 0.05) is 20.1 Å². The smallest absolute Gasteiger partial charge is 0.301 e. The van der Waals surface area contributed by atoms with Gasteiger partial charge in [0.2, 0.25) is 0 Å². The van der Waals surface area contributed by atoms with Gasteiger partial charge in [0.15, 0.2) is 17.2 Å². The number of nitrogens with one attached hydrogen (secondary N) is 1. The fourth-order valence-electron chi connectivity index (χ4n) is 3.22. The van der Waals surface area contributed by atoms with Gasteiger partial charge in [0.25, 0.3) is 5.56 Å². The molecule has 1 saturated heterocycles. The van der Waals surface area contributed by atoms with E-state index in [4.69, 9.17) is 4.74 Å². The van der Waals surface area contributed by atoms with E-state index < -0.39 is 39.1 Å². The molecule has 0 bridgehead atoms. The Kier molecular flexibility index (Phi) is 5.49. The van der Waals surface area contributed by atoms with Crippen LogP contribution in [-0.4, -0.2) is 46.5 Å². The van der Waals surface area contributed by atoms with Crippen LogP contribution in [-0.2, 0) is 17.3 Å². The minimum atomic E-state index is -4.17. The molecule has 1 aromatic carbocycles. The van der Waals surface area contributed by atoms with Crippen molar-refractivity contribution in [3.8, 4) is 17.6 Å². The topological polar surface area (TPSA) is 130 Å². The number of pyridine rings is 1. The van der Waals surface area contributed by atoms with Crippen LogP contribution in [0.25, 0.3) is 11.0 Å². The highest BCUT2D eigenvalue weighted by molar-refractivity contribution is 7.90. The number of aromatic nitrogens is 3. The minimum Gasteiger partial charge on any atom is -0.451 e. The summed E-state index contributed by atoms with van der Waals surface area (Å²) in [6.07, 6.45) is 1.27. The molecule has 1 aliphatic rings. The van der Waals surface area contributed by atoms with E-state index in [-0.39, 0.29) is 42.0 Å². The van der Waals surface area contributed by atoms with Crippen LogP contribution in [0.2, 0.25) is 0 Å². The van der Waals surface area contributed by atoms with Crippen LogP contribution in [0.4, 0.5) is 14.5 Å². The Labute approximate surface area is 180 Å². The number of hydrogen-bond donors (Lipinski definition) is 1. The van der Waals surface area contributed by atoms with Crippen LogP contribution in [0.5, 0.6) is 11.5 Å². The zero-order chi connectivity index (χ0) is 23.0. The molecule has 32 heavy (non-hydrogen) atoms. The van der Waals surface area contributed by atoms with Gasteiger partial charge < -0.3 is 9.30 Å². The Hall–Kier alpha value is -3.63. The van der Waals surface area contributed by atoms with Crippen LogP contribution >= 0.6 is 0 Å². The fraction of sp³-hybridized carbons (Fsp3) is 0.263. The lowest BCUT2D eigenvalue weighted by Crippen LogP contribution is -2.34. The molecule has 0 unspecified atom stereocenters. The van der Waals surface area contributed by atoms with Gasteiger partial charge in [-0.25, -0.2) is 18.7 Å². The van der Waals surface area contributed by atoms with Gasteiger partial charge in [-0.15, -0.1) is 0 Å². The number of fused-ring (bicyclic) bond motifs is 1. The highest BCUT2D eigenvalue weighted by Crippen LogP contribution is 2.34. The molecule has 0 spiro atoms. The summed E-state index contributed by atoms with van der Waals surface area (Å²) in [4.78, 5) is 20.3. The number of ether oxygens (including phenoxy) is 1. The molecule has 13 heteroatoms. The van der Waals surface area contributed by atoms with Gasteiger partial charge in [0.05, 0.1) is 23.6 Å². The number of hydrogen-bond acceptors (Lipinski definition) is 7. The summed E-state index contributed by atoms with van der Waals surface area (Å²) in [5.74, 6) is -1.55. The van der Waals surface area contributed by atoms with Crippen molar-refractivity contribution in [2.75, 3.05) is 17.8 Å². The molecule has 1 aliphatic heterocycles. The first-order valence-electron chi connectivity index (χ1n) is 9.33. The maximum Gasteiger partial charge on any atom is 0.301 e. The van der Waals surface area contributed by atoms with Crippen molar-refractivity contribution >= 4 is 26.9 Å². The number of alkyl halides is 1. The lowest BCUT2D eigenvalue weighted by Gasteiger charge is -2.18. The number of nitrogens with zero attached hydrogens (tertiary/aromatic N) is 5. The van der Waals surface area contributed by atoms with E-state index in [0.717, 1.165) is 16.4 Å². The summed E-state index contributed by atoms with van der Waals surface area (Å²) >= 11 is 0. The first kappa shape index (κ1) is 21.6. The Bertz CT molecular complexity index is 1420. The number of anilines is 1. The summed E-state index contributed by atoms with van der Waals surface area (Å²) in [6.45, 7) is -0.331. The number of nitriles is 1. The lowest BCUT2D eigenvalue weighted by atomic mass is 10.1. The van der Waals surface area contributed by atoms with Gasteiger partial charge in [-0.3, -0.25) is 9.52 Å². The van der Waals surface area contributed by atoms with E-state index in [0.29, 0.717) is 0 Å². The van der Waals surface area contributed by atoms with Crippen LogP contribution in [0.15, 0.2) is 35.5 Å². The zero-order valence-corrected chi connectivity index (χ0v) is 17.4. The zero-order valence-electron chi connectivity index (χ0n) is 16.6. The van der Waals surface area contributed by atoms with Crippen molar-refractivity contribution in [1.82, 2.24) is 18.8 Å². The van der Waals surface area contributed by atoms with Crippen molar-refractivity contribution in [1.29, 1.82) is 5.26 Å². The summed E-state index contributed by atoms with van der Waals surface area (Å²) in [6, 6.07) is 5.00. The second-order valence-electron chi connectivity index (χ2n) is 7.07. The van der Waals surface area contributed by atoms with Crippen molar-refractivity contribution in [3.05, 3.63) is 52.5 Å². The maximum absolute atomic E-state index is 14.5. The molecule has 4 rings (SSSR count). The van der Waals surface area contributed by atoms with Crippen LogP contribution < -0.4 is 15.0 Å². The molecule has 2 aromatic heterocycles. The average molecular weight is 462 g/mol. The Morgan fingerprint density at radius 1 is 1.34 bits per heavy atom. The second-order valence-corrected chi connectivity index (χ2v) is 8.74. The quantitative estimate of drug-likeness (QED) is 0.612. The predicted molar refractivity (Wildman–Crippen MR) is 110 cm³/mol. The average Bonchev–Trinajstić information content (AvgIpc) is 3.21.